The molecule has 0 aliphatic carbocycles. The van der Waals surface area contributed by atoms with Crippen LogP contribution in [0, 0.1) is 6.92 Å². The van der Waals surface area contributed by atoms with Crippen LogP contribution in [0.5, 0.6) is 0 Å². The average Bonchev–Trinajstić information content (AvgIpc) is 2.31. The van der Waals surface area contributed by atoms with Gasteiger partial charge in [0.2, 0.25) is 0 Å². The van der Waals surface area contributed by atoms with Crippen LogP contribution in [0.4, 0.5) is 4.79 Å². The average molecular weight is 249 g/mol. The number of nitrogens with zero attached hydrogens (tertiary/aromatic N) is 1. The third kappa shape index (κ3) is 3.44. The number of hydrogen-bond donors (Lipinski definition) is 1. The van der Waals surface area contributed by atoms with E-state index in [4.69, 9.17) is 13.3 Å². The molecule has 16 heavy (non-hydrogen) atoms. The van der Waals surface area contributed by atoms with Crippen LogP contribution in [0.25, 0.3) is 0 Å². The first-order chi connectivity index (χ1) is 7.61. The molecule has 0 fully saturated rings. The lowest BCUT2D eigenvalue weighted by atomic mass is 10.5. The van der Waals surface area contributed by atoms with E-state index < -0.39 is 8.97 Å². The molecule has 0 heterocycles. The summed E-state index contributed by atoms with van der Waals surface area (Å²) >= 11 is 0. The highest BCUT2D eigenvalue weighted by Gasteiger charge is 2.49. The summed E-state index contributed by atoms with van der Waals surface area (Å²) in [4.78, 5) is 11.8. The molecule has 0 spiro atoms. The van der Waals surface area contributed by atoms with Crippen LogP contribution in [0.2, 0.25) is 0 Å². The lowest BCUT2D eigenvalue weighted by molar-refractivity contribution is 0.0683. The minimum atomic E-state index is -3.07. The number of urea groups is 1. The Morgan fingerprint density at radius 3 is 2.12 bits per heavy atom. The molecule has 0 rings (SSSR count). The summed E-state index contributed by atoms with van der Waals surface area (Å²) in [7, 11) is 1.34. The van der Waals surface area contributed by atoms with E-state index in [2.05, 4.69) is 12.2 Å². The van der Waals surface area contributed by atoms with Crippen LogP contribution < -0.4 is 5.32 Å². The Hall–Kier alpha value is -0.633. The summed E-state index contributed by atoms with van der Waals surface area (Å²) in [5.74, 6) is 0. The van der Waals surface area contributed by atoms with Gasteiger partial charge < -0.3 is 18.6 Å². The molecule has 0 aliphatic rings. The molecule has 0 atom stereocenters. The van der Waals surface area contributed by atoms with Crippen molar-refractivity contribution in [2.45, 2.75) is 13.3 Å². The SMILES string of the molecule is [CH2]CNC(=O)N(CCC)[Si](OC)(OC)OC. The molecule has 0 aromatic carbocycles. The van der Waals surface area contributed by atoms with Crippen molar-refractivity contribution in [1.82, 2.24) is 9.88 Å². The zero-order valence-electron chi connectivity index (χ0n) is 10.4. The first kappa shape index (κ1) is 15.4. The van der Waals surface area contributed by atoms with E-state index in [0.717, 1.165) is 6.42 Å². The molecular formula is C9H21N2O4Si. The van der Waals surface area contributed by atoms with Gasteiger partial charge in [-0.1, -0.05) is 6.92 Å². The summed E-state index contributed by atoms with van der Waals surface area (Å²) in [6.45, 7) is 6.34. The van der Waals surface area contributed by atoms with Gasteiger partial charge in [-0.2, -0.15) is 0 Å². The first-order valence-corrected chi connectivity index (χ1v) is 6.79. The smallest absolute Gasteiger partial charge is 0.360 e. The maximum absolute atomic E-state index is 11.8. The zero-order valence-corrected chi connectivity index (χ0v) is 11.4. The molecule has 0 saturated carbocycles. The van der Waals surface area contributed by atoms with Crippen LogP contribution >= 0.6 is 0 Å². The fourth-order valence-electron chi connectivity index (χ4n) is 1.37. The lowest BCUT2D eigenvalue weighted by Gasteiger charge is -2.34. The number of hydrogen-bond acceptors (Lipinski definition) is 4. The summed E-state index contributed by atoms with van der Waals surface area (Å²) in [6.07, 6.45) is 0.787. The molecule has 0 saturated heterocycles. The first-order valence-electron chi connectivity index (χ1n) is 5.12. The van der Waals surface area contributed by atoms with E-state index in [9.17, 15) is 4.79 Å². The molecule has 6 nitrogen and oxygen atoms in total. The van der Waals surface area contributed by atoms with Crippen LogP contribution in [-0.4, -0.2) is 54.0 Å². The van der Waals surface area contributed by atoms with Crippen molar-refractivity contribution >= 4 is 15.0 Å². The van der Waals surface area contributed by atoms with Gasteiger partial charge in [-0.3, -0.25) is 4.57 Å². The molecule has 2 amide bonds. The number of carbonyl (C=O) groups is 1. The van der Waals surface area contributed by atoms with Crippen LogP contribution in [0.3, 0.4) is 0 Å². The topological polar surface area (TPSA) is 60.0 Å². The van der Waals surface area contributed by atoms with Gasteiger partial charge in [-0.25, -0.2) is 4.79 Å². The Balaban J connectivity index is 4.90. The van der Waals surface area contributed by atoms with Gasteiger partial charge in [-0.05, 0) is 13.3 Å². The second kappa shape index (κ2) is 7.61. The normalized spacial score (nSPS) is 11.3. The summed E-state index contributed by atoms with van der Waals surface area (Å²) in [5, 5.41) is 2.61. The predicted molar refractivity (Wildman–Crippen MR) is 62.5 cm³/mol. The third-order valence-corrected chi connectivity index (χ3v) is 4.71. The molecular weight excluding hydrogens is 228 g/mol. The van der Waals surface area contributed by atoms with E-state index in [1.54, 1.807) is 0 Å². The maximum atomic E-state index is 11.8. The maximum Gasteiger partial charge on any atom is 0.636 e. The standard InChI is InChI=1S/C9H21N2O4Si/c1-6-8-11(9(12)10-7-2)16(13-3,14-4)15-5/h2,6-8H2,1,3-5H3,(H,10,12). The molecule has 1 radical (unpaired) electrons. The van der Waals surface area contributed by atoms with Crippen molar-refractivity contribution in [1.29, 1.82) is 0 Å². The lowest BCUT2D eigenvalue weighted by Crippen LogP contribution is -2.63. The highest BCUT2D eigenvalue weighted by Crippen LogP contribution is 2.13. The van der Waals surface area contributed by atoms with Crippen LogP contribution in [0.15, 0.2) is 0 Å². The molecule has 95 valence electrons. The Morgan fingerprint density at radius 2 is 1.81 bits per heavy atom. The number of amides is 2. The minimum absolute atomic E-state index is 0.283. The molecule has 0 unspecified atom stereocenters. The molecule has 0 aromatic rings. The van der Waals surface area contributed by atoms with Crippen molar-refractivity contribution in [2.24, 2.45) is 0 Å². The summed E-state index contributed by atoms with van der Waals surface area (Å²) in [5.41, 5.74) is 0. The Morgan fingerprint density at radius 1 is 1.31 bits per heavy atom. The van der Waals surface area contributed by atoms with Gasteiger partial charge in [0, 0.05) is 34.4 Å². The van der Waals surface area contributed by atoms with Crippen LogP contribution in [-0.2, 0) is 13.3 Å². The molecule has 7 heteroatoms. The Labute approximate surface area is 98.3 Å². The Bertz CT molecular complexity index is 203. The van der Waals surface area contributed by atoms with Gasteiger partial charge in [-0.15, -0.1) is 0 Å². The van der Waals surface area contributed by atoms with Gasteiger partial charge in [0.15, 0.2) is 0 Å². The highest BCUT2D eigenvalue weighted by atomic mass is 28.4. The molecule has 0 aromatic heterocycles. The van der Waals surface area contributed by atoms with Crippen molar-refractivity contribution < 1.29 is 18.1 Å². The van der Waals surface area contributed by atoms with E-state index in [-0.39, 0.29) is 6.03 Å². The van der Waals surface area contributed by atoms with Crippen molar-refractivity contribution in [3.63, 3.8) is 0 Å². The van der Waals surface area contributed by atoms with E-state index in [0.29, 0.717) is 13.1 Å². The second-order valence-corrected chi connectivity index (χ2v) is 5.83. The molecule has 0 aliphatic heterocycles. The largest absolute Gasteiger partial charge is 0.636 e. The Kier molecular flexibility index (Phi) is 7.31. The highest BCUT2D eigenvalue weighted by molar-refractivity contribution is 6.60. The van der Waals surface area contributed by atoms with Crippen LogP contribution in [0.1, 0.15) is 13.3 Å². The number of carbonyl (C=O) groups excluding carboxylic acids is 1. The summed E-state index contributed by atoms with van der Waals surface area (Å²) < 4.78 is 17.2. The fraction of sp³-hybridized carbons (Fsp3) is 0.778. The minimum Gasteiger partial charge on any atom is -0.360 e. The van der Waals surface area contributed by atoms with Crippen molar-refractivity contribution in [3.8, 4) is 0 Å². The van der Waals surface area contributed by atoms with Gasteiger partial charge in [0.1, 0.15) is 0 Å². The molecule has 0 bridgehead atoms. The molecule has 1 N–H and O–H groups in total. The van der Waals surface area contributed by atoms with Crippen molar-refractivity contribution in [3.05, 3.63) is 6.92 Å². The number of nitrogens with one attached hydrogen (secondary N) is 1. The fourth-order valence-corrected chi connectivity index (χ4v) is 3.36. The quantitative estimate of drug-likeness (QED) is 0.672. The monoisotopic (exact) mass is 249 g/mol. The summed E-state index contributed by atoms with van der Waals surface area (Å²) in [6, 6.07) is -0.283. The van der Waals surface area contributed by atoms with E-state index in [1.165, 1.54) is 25.9 Å². The third-order valence-electron chi connectivity index (χ3n) is 2.07. The van der Waals surface area contributed by atoms with E-state index >= 15 is 0 Å². The number of rotatable bonds is 7. The van der Waals surface area contributed by atoms with E-state index in [1.807, 2.05) is 6.92 Å². The predicted octanol–water partition coefficient (Wildman–Crippen LogP) is 0.617. The van der Waals surface area contributed by atoms with Gasteiger partial charge in [0.05, 0.1) is 0 Å². The van der Waals surface area contributed by atoms with Gasteiger partial charge in [0.25, 0.3) is 0 Å². The second-order valence-electron chi connectivity index (χ2n) is 3.02. The van der Waals surface area contributed by atoms with Gasteiger partial charge >= 0.3 is 15.0 Å². The van der Waals surface area contributed by atoms with Crippen molar-refractivity contribution in [2.75, 3.05) is 34.4 Å². The zero-order chi connectivity index (χ0) is 12.6.